The molecule has 0 bridgehead atoms. The second-order valence-corrected chi connectivity index (χ2v) is 4.35. The van der Waals surface area contributed by atoms with Crippen molar-refractivity contribution in [3.05, 3.63) is 41.5 Å². The molecule has 0 saturated heterocycles. The number of H-pyrrole nitrogens is 1. The van der Waals surface area contributed by atoms with Gasteiger partial charge in [0.2, 0.25) is 0 Å². The van der Waals surface area contributed by atoms with E-state index in [-0.39, 0.29) is 5.91 Å². The lowest BCUT2D eigenvalue weighted by Gasteiger charge is -2.02. The van der Waals surface area contributed by atoms with Crippen LogP contribution in [0.2, 0.25) is 0 Å². The van der Waals surface area contributed by atoms with Crippen LogP contribution < -0.4 is 10.1 Å². The van der Waals surface area contributed by atoms with Gasteiger partial charge >= 0.3 is 0 Å². The lowest BCUT2D eigenvalue weighted by atomic mass is 10.1. The smallest absolute Gasteiger partial charge is 0.256 e. The molecule has 1 aliphatic heterocycles. The number of rotatable bonds is 2. The van der Waals surface area contributed by atoms with Gasteiger partial charge in [-0.05, 0) is 25.1 Å². The van der Waals surface area contributed by atoms with Gasteiger partial charge in [0.15, 0.2) is 0 Å². The number of ether oxygens (including phenoxy) is 1. The van der Waals surface area contributed by atoms with Crippen molar-refractivity contribution in [2.45, 2.75) is 6.92 Å². The lowest BCUT2D eigenvalue weighted by Crippen LogP contribution is -2.03. The maximum absolute atomic E-state index is 12.0. The SMILES string of the molecule is COc1ccc2c(c1)NC(=O)C2=Cc1cnc(C)[nH]1. The van der Waals surface area contributed by atoms with Crippen molar-refractivity contribution < 1.29 is 9.53 Å². The molecule has 19 heavy (non-hydrogen) atoms. The van der Waals surface area contributed by atoms with Crippen LogP contribution in [0.25, 0.3) is 11.6 Å². The molecular formula is C14H13N3O2. The summed E-state index contributed by atoms with van der Waals surface area (Å²) in [7, 11) is 1.60. The molecule has 0 radical (unpaired) electrons. The van der Waals surface area contributed by atoms with Crippen molar-refractivity contribution in [3.63, 3.8) is 0 Å². The molecular weight excluding hydrogens is 242 g/mol. The number of aromatic nitrogens is 2. The van der Waals surface area contributed by atoms with Crippen LogP contribution in [0.1, 0.15) is 17.1 Å². The first kappa shape index (κ1) is 11.5. The van der Waals surface area contributed by atoms with Gasteiger partial charge in [-0.25, -0.2) is 4.98 Å². The van der Waals surface area contributed by atoms with E-state index in [9.17, 15) is 4.79 Å². The highest BCUT2D eigenvalue weighted by Gasteiger charge is 2.24. The largest absolute Gasteiger partial charge is 0.497 e. The van der Waals surface area contributed by atoms with E-state index in [4.69, 9.17) is 4.74 Å². The molecule has 0 aliphatic carbocycles. The summed E-state index contributed by atoms with van der Waals surface area (Å²) in [6, 6.07) is 5.53. The van der Waals surface area contributed by atoms with Gasteiger partial charge in [-0.15, -0.1) is 0 Å². The van der Waals surface area contributed by atoms with Gasteiger partial charge in [0.05, 0.1) is 30.3 Å². The molecule has 0 saturated carbocycles. The first-order chi connectivity index (χ1) is 9.17. The second-order valence-electron chi connectivity index (χ2n) is 4.35. The number of carbonyl (C=O) groups excluding carboxylic acids is 1. The Kier molecular flexibility index (Phi) is 2.59. The fraction of sp³-hybridized carbons (Fsp3) is 0.143. The molecule has 5 nitrogen and oxygen atoms in total. The zero-order valence-corrected chi connectivity index (χ0v) is 10.7. The van der Waals surface area contributed by atoms with Crippen LogP contribution in [0.5, 0.6) is 5.75 Å². The Bertz CT molecular complexity index is 686. The minimum absolute atomic E-state index is 0.115. The molecule has 1 aromatic carbocycles. The fourth-order valence-corrected chi connectivity index (χ4v) is 2.11. The highest BCUT2D eigenvalue weighted by molar-refractivity contribution is 6.34. The van der Waals surface area contributed by atoms with E-state index < -0.39 is 0 Å². The van der Waals surface area contributed by atoms with E-state index in [1.54, 1.807) is 19.4 Å². The number of anilines is 1. The van der Waals surface area contributed by atoms with Crippen LogP contribution in [-0.2, 0) is 4.79 Å². The molecule has 1 aromatic heterocycles. The van der Waals surface area contributed by atoms with E-state index >= 15 is 0 Å². The Hall–Kier alpha value is -2.56. The van der Waals surface area contributed by atoms with E-state index in [0.29, 0.717) is 5.57 Å². The molecule has 2 heterocycles. The van der Waals surface area contributed by atoms with E-state index in [0.717, 1.165) is 28.5 Å². The van der Waals surface area contributed by atoms with Gasteiger partial charge in [-0.1, -0.05) is 0 Å². The quantitative estimate of drug-likeness (QED) is 0.808. The van der Waals surface area contributed by atoms with Crippen molar-refractivity contribution in [3.8, 4) is 5.75 Å². The van der Waals surface area contributed by atoms with Crippen molar-refractivity contribution in [2.75, 3.05) is 12.4 Å². The van der Waals surface area contributed by atoms with Crippen LogP contribution in [-0.4, -0.2) is 23.0 Å². The Balaban J connectivity index is 2.05. The summed E-state index contributed by atoms with van der Waals surface area (Å²) in [4.78, 5) is 19.2. The number of benzene rings is 1. The Morgan fingerprint density at radius 2 is 2.21 bits per heavy atom. The Labute approximate surface area is 110 Å². The molecule has 0 fully saturated rings. The van der Waals surface area contributed by atoms with Gasteiger partial charge in [0, 0.05) is 11.6 Å². The van der Waals surface area contributed by atoms with E-state index in [2.05, 4.69) is 15.3 Å². The van der Waals surface area contributed by atoms with Crippen LogP contribution >= 0.6 is 0 Å². The highest BCUT2D eigenvalue weighted by Crippen LogP contribution is 2.35. The van der Waals surface area contributed by atoms with Crippen molar-refractivity contribution >= 4 is 23.2 Å². The molecule has 2 N–H and O–H groups in total. The molecule has 1 amide bonds. The van der Waals surface area contributed by atoms with Crippen LogP contribution in [0.4, 0.5) is 5.69 Å². The summed E-state index contributed by atoms with van der Waals surface area (Å²) >= 11 is 0. The number of amides is 1. The molecule has 2 aromatic rings. The average Bonchev–Trinajstić information content (AvgIpc) is 2.94. The van der Waals surface area contributed by atoms with Crippen LogP contribution in [0.3, 0.4) is 0 Å². The number of hydrogen-bond acceptors (Lipinski definition) is 3. The van der Waals surface area contributed by atoms with E-state index in [1.807, 2.05) is 25.1 Å². The molecule has 3 rings (SSSR count). The molecule has 0 spiro atoms. The number of carbonyl (C=O) groups is 1. The Morgan fingerprint density at radius 1 is 1.37 bits per heavy atom. The third kappa shape index (κ3) is 1.99. The zero-order chi connectivity index (χ0) is 13.4. The summed E-state index contributed by atoms with van der Waals surface area (Å²) in [5, 5.41) is 2.83. The second kappa shape index (κ2) is 4.28. The normalized spacial score (nSPS) is 15.5. The van der Waals surface area contributed by atoms with Gasteiger partial charge in [0.25, 0.3) is 5.91 Å². The maximum Gasteiger partial charge on any atom is 0.256 e. The number of methoxy groups -OCH3 is 1. The van der Waals surface area contributed by atoms with Gasteiger partial charge in [0.1, 0.15) is 11.6 Å². The molecule has 0 atom stereocenters. The zero-order valence-electron chi connectivity index (χ0n) is 10.7. The monoisotopic (exact) mass is 255 g/mol. The van der Waals surface area contributed by atoms with Gasteiger partial charge < -0.3 is 15.0 Å². The number of aromatic amines is 1. The minimum atomic E-state index is -0.115. The van der Waals surface area contributed by atoms with E-state index in [1.165, 1.54) is 0 Å². The van der Waals surface area contributed by atoms with Crippen molar-refractivity contribution in [1.29, 1.82) is 0 Å². The maximum atomic E-state index is 12.0. The predicted octanol–water partition coefficient (Wildman–Crippen LogP) is 2.22. The number of nitrogens with zero attached hydrogens (tertiary/aromatic N) is 1. The number of aryl methyl sites for hydroxylation is 1. The number of fused-ring (bicyclic) bond motifs is 1. The summed E-state index contributed by atoms with van der Waals surface area (Å²) in [5.41, 5.74) is 3.08. The summed E-state index contributed by atoms with van der Waals surface area (Å²) in [6.07, 6.45) is 3.50. The predicted molar refractivity (Wildman–Crippen MR) is 72.8 cm³/mol. The first-order valence-corrected chi connectivity index (χ1v) is 5.90. The van der Waals surface area contributed by atoms with Crippen LogP contribution in [0, 0.1) is 6.92 Å². The minimum Gasteiger partial charge on any atom is -0.497 e. The number of imidazole rings is 1. The summed E-state index contributed by atoms with van der Waals surface area (Å²) in [5.74, 6) is 1.42. The third-order valence-corrected chi connectivity index (χ3v) is 3.03. The molecule has 5 heteroatoms. The topological polar surface area (TPSA) is 67.0 Å². The van der Waals surface area contributed by atoms with Gasteiger partial charge in [-0.2, -0.15) is 0 Å². The first-order valence-electron chi connectivity index (χ1n) is 5.90. The van der Waals surface area contributed by atoms with Crippen LogP contribution in [0.15, 0.2) is 24.4 Å². The number of nitrogens with one attached hydrogen (secondary N) is 2. The third-order valence-electron chi connectivity index (χ3n) is 3.03. The van der Waals surface area contributed by atoms with Gasteiger partial charge in [-0.3, -0.25) is 4.79 Å². The fourth-order valence-electron chi connectivity index (χ4n) is 2.11. The molecule has 0 unspecified atom stereocenters. The molecule has 1 aliphatic rings. The van der Waals surface area contributed by atoms with Crippen molar-refractivity contribution in [2.24, 2.45) is 0 Å². The standard InChI is InChI=1S/C14H13N3O2/c1-8-15-7-9(16-8)5-12-11-4-3-10(19-2)6-13(11)17-14(12)18/h3-7H,1-2H3,(H,15,16)(H,17,18). The highest BCUT2D eigenvalue weighted by atomic mass is 16.5. The van der Waals surface area contributed by atoms with Crippen molar-refractivity contribution in [1.82, 2.24) is 9.97 Å². The summed E-state index contributed by atoms with van der Waals surface area (Å²) < 4.78 is 5.14. The molecule has 96 valence electrons. The lowest BCUT2D eigenvalue weighted by molar-refractivity contribution is -0.110. The average molecular weight is 255 g/mol. The summed E-state index contributed by atoms with van der Waals surface area (Å²) in [6.45, 7) is 1.87. The Morgan fingerprint density at radius 3 is 2.89 bits per heavy atom. The number of hydrogen-bond donors (Lipinski definition) is 2.